The number of rotatable bonds is 5. The van der Waals surface area contributed by atoms with Crippen molar-refractivity contribution in [2.75, 3.05) is 37.7 Å². The van der Waals surface area contributed by atoms with Gasteiger partial charge in [0.15, 0.2) is 0 Å². The van der Waals surface area contributed by atoms with E-state index in [9.17, 15) is 14.0 Å². The van der Waals surface area contributed by atoms with E-state index in [1.807, 2.05) is 30.3 Å². The molecule has 2 N–H and O–H groups in total. The molecule has 0 aliphatic carbocycles. The number of urea groups is 1. The minimum atomic E-state index is -0.405. The molecule has 0 aromatic heterocycles. The summed E-state index contributed by atoms with van der Waals surface area (Å²) >= 11 is 0. The van der Waals surface area contributed by atoms with Crippen molar-refractivity contribution in [3.05, 3.63) is 65.5 Å². The van der Waals surface area contributed by atoms with Crippen LogP contribution in [0.15, 0.2) is 48.5 Å². The normalized spacial score (nSPS) is 17.3. The van der Waals surface area contributed by atoms with Gasteiger partial charge in [-0.05, 0) is 48.6 Å². The second kappa shape index (κ2) is 8.83. The molecule has 0 atom stereocenters. The molecule has 4 rings (SSSR count). The molecule has 0 saturated carbocycles. The quantitative estimate of drug-likeness (QED) is 0.795. The Morgan fingerprint density at radius 2 is 1.87 bits per heavy atom. The summed E-state index contributed by atoms with van der Waals surface area (Å²) in [5.74, 6) is -0.430. The zero-order valence-corrected chi connectivity index (χ0v) is 16.8. The zero-order chi connectivity index (χ0) is 21.0. The van der Waals surface area contributed by atoms with Crippen molar-refractivity contribution in [2.45, 2.75) is 24.7 Å². The fraction of sp³-hybridized carbons (Fsp3) is 0.391. The number of carbonyl (C=O) groups excluding carboxylic acids is 2. The van der Waals surface area contributed by atoms with Crippen LogP contribution in [0.2, 0.25) is 0 Å². The van der Waals surface area contributed by atoms with Gasteiger partial charge < -0.3 is 20.3 Å². The number of hydrogen-bond donors (Lipinski definition) is 2. The van der Waals surface area contributed by atoms with Crippen molar-refractivity contribution in [1.82, 2.24) is 10.6 Å². The van der Waals surface area contributed by atoms with E-state index < -0.39 is 6.03 Å². The number of nitrogens with one attached hydrogen (secondary N) is 2. The van der Waals surface area contributed by atoms with Crippen LogP contribution >= 0.6 is 0 Å². The molecule has 2 aromatic carbocycles. The minimum Gasteiger partial charge on any atom is -0.381 e. The zero-order valence-electron chi connectivity index (χ0n) is 16.8. The van der Waals surface area contributed by atoms with Crippen molar-refractivity contribution in [3.63, 3.8) is 0 Å². The molecule has 1 fully saturated rings. The molecule has 6 nitrogen and oxygen atoms in total. The number of para-hydroxylation sites is 1. The highest BCUT2D eigenvalue weighted by Gasteiger charge is 2.35. The molecule has 2 aromatic rings. The van der Waals surface area contributed by atoms with Gasteiger partial charge in [-0.15, -0.1) is 0 Å². The maximum Gasteiger partial charge on any atom is 0.315 e. The highest BCUT2D eigenvalue weighted by molar-refractivity contribution is 5.98. The number of ether oxygens (including phenoxy) is 1. The molecule has 2 heterocycles. The summed E-state index contributed by atoms with van der Waals surface area (Å²) in [5, 5.41) is 5.54. The number of nitrogens with zero attached hydrogens (tertiary/aromatic N) is 1. The van der Waals surface area contributed by atoms with Crippen LogP contribution in [0.4, 0.5) is 14.9 Å². The summed E-state index contributed by atoms with van der Waals surface area (Å²) in [7, 11) is 0. The smallest absolute Gasteiger partial charge is 0.315 e. The fourth-order valence-corrected chi connectivity index (χ4v) is 4.31. The van der Waals surface area contributed by atoms with E-state index in [2.05, 4.69) is 10.6 Å². The first kappa shape index (κ1) is 20.3. The Hall–Kier alpha value is -2.93. The van der Waals surface area contributed by atoms with Gasteiger partial charge in [-0.1, -0.05) is 30.3 Å². The van der Waals surface area contributed by atoms with Crippen LogP contribution in [0.25, 0.3) is 0 Å². The molecule has 7 heteroatoms. The Morgan fingerprint density at radius 1 is 1.07 bits per heavy atom. The molecular weight excluding hydrogens is 385 g/mol. The standard InChI is InChI=1S/C23H26FN3O3/c24-19-6-3-5-18(14-19)23(9-12-30-13-10-23)16-26-22(29)25-15-21(28)27-11-8-17-4-1-2-7-20(17)27/h1-7,14H,8-13,15-16H2,(H2,25,26,29). The maximum absolute atomic E-state index is 13.8. The van der Waals surface area contributed by atoms with Crippen LogP contribution in [0.1, 0.15) is 24.0 Å². The summed E-state index contributed by atoms with van der Waals surface area (Å²) < 4.78 is 19.3. The van der Waals surface area contributed by atoms with Gasteiger partial charge in [0.2, 0.25) is 5.91 Å². The second-order valence-electron chi connectivity index (χ2n) is 7.86. The van der Waals surface area contributed by atoms with E-state index in [0.29, 0.717) is 39.1 Å². The molecule has 0 radical (unpaired) electrons. The first-order valence-corrected chi connectivity index (χ1v) is 10.3. The van der Waals surface area contributed by atoms with Crippen LogP contribution in [0, 0.1) is 5.82 Å². The Balaban J connectivity index is 1.34. The van der Waals surface area contributed by atoms with E-state index in [1.54, 1.807) is 11.0 Å². The summed E-state index contributed by atoms with van der Waals surface area (Å²) in [5.41, 5.74) is 2.54. The highest BCUT2D eigenvalue weighted by Crippen LogP contribution is 2.34. The number of amides is 3. The minimum absolute atomic E-state index is 0.0732. The number of fused-ring (bicyclic) bond motifs is 1. The van der Waals surface area contributed by atoms with Gasteiger partial charge in [0.25, 0.3) is 0 Å². The largest absolute Gasteiger partial charge is 0.381 e. The lowest BCUT2D eigenvalue weighted by Gasteiger charge is -2.38. The third-order valence-corrected chi connectivity index (χ3v) is 6.06. The number of carbonyl (C=O) groups is 2. The maximum atomic E-state index is 13.8. The summed E-state index contributed by atoms with van der Waals surface area (Å²) in [6.45, 7) is 2.03. The van der Waals surface area contributed by atoms with Crippen LogP contribution < -0.4 is 15.5 Å². The third-order valence-electron chi connectivity index (χ3n) is 6.06. The predicted octanol–water partition coefficient (Wildman–Crippen LogP) is 2.76. The van der Waals surface area contributed by atoms with E-state index in [-0.39, 0.29) is 23.7 Å². The van der Waals surface area contributed by atoms with Crippen molar-refractivity contribution in [3.8, 4) is 0 Å². The molecule has 0 bridgehead atoms. The predicted molar refractivity (Wildman–Crippen MR) is 112 cm³/mol. The first-order chi connectivity index (χ1) is 14.6. The van der Waals surface area contributed by atoms with Gasteiger partial charge in [-0.3, -0.25) is 4.79 Å². The first-order valence-electron chi connectivity index (χ1n) is 10.3. The highest BCUT2D eigenvalue weighted by atomic mass is 19.1. The van der Waals surface area contributed by atoms with Gasteiger partial charge in [0, 0.05) is 37.4 Å². The lowest BCUT2D eigenvalue weighted by atomic mass is 9.74. The summed E-state index contributed by atoms with van der Waals surface area (Å²) in [6.07, 6.45) is 2.22. The van der Waals surface area contributed by atoms with Gasteiger partial charge in [0.05, 0.1) is 6.54 Å². The van der Waals surface area contributed by atoms with Gasteiger partial charge in [0.1, 0.15) is 5.82 Å². The van der Waals surface area contributed by atoms with Crippen molar-refractivity contribution >= 4 is 17.6 Å². The molecule has 2 aliphatic rings. The Labute approximate surface area is 175 Å². The summed E-state index contributed by atoms with van der Waals surface area (Å²) in [6, 6.07) is 13.9. The fourth-order valence-electron chi connectivity index (χ4n) is 4.31. The molecule has 0 unspecified atom stereocenters. The summed E-state index contributed by atoms with van der Waals surface area (Å²) in [4.78, 5) is 26.7. The Kier molecular flexibility index (Phi) is 5.99. The molecule has 0 spiro atoms. The average molecular weight is 411 g/mol. The molecular formula is C23H26FN3O3. The third kappa shape index (κ3) is 4.31. The molecule has 30 heavy (non-hydrogen) atoms. The van der Waals surface area contributed by atoms with Crippen LogP contribution in [0.3, 0.4) is 0 Å². The number of hydrogen-bond acceptors (Lipinski definition) is 3. The topological polar surface area (TPSA) is 70.7 Å². The van der Waals surface area contributed by atoms with E-state index >= 15 is 0 Å². The Morgan fingerprint density at radius 3 is 2.67 bits per heavy atom. The van der Waals surface area contributed by atoms with Crippen molar-refractivity contribution < 1.29 is 18.7 Å². The van der Waals surface area contributed by atoms with E-state index in [4.69, 9.17) is 4.74 Å². The molecule has 2 aliphatic heterocycles. The van der Waals surface area contributed by atoms with Gasteiger partial charge in [-0.25, -0.2) is 9.18 Å². The van der Waals surface area contributed by atoms with Crippen LogP contribution in [-0.2, 0) is 21.4 Å². The number of halogens is 1. The van der Waals surface area contributed by atoms with Gasteiger partial charge >= 0.3 is 6.03 Å². The lowest BCUT2D eigenvalue weighted by molar-refractivity contribution is -0.117. The number of anilines is 1. The van der Waals surface area contributed by atoms with Crippen LogP contribution in [-0.4, -0.2) is 44.8 Å². The Bertz CT molecular complexity index is 927. The molecule has 1 saturated heterocycles. The second-order valence-corrected chi connectivity index (χ2v) is 7.86. The molecule has 158 valence electrons. The average Bonchev–Trinajstić information content (AvgIpc) is 3.21. The molecule has 3 amide bonds. The van der Waals surface area contributed by atoms with E-state index in [1.165, 1.54) is 12.1 Å². The number of benzene rings is 2. The van der Waals surface area contributed by atoms with Crippen molar-refractivity contribution in [1.29, 1.82) is 0 Å². The van der Waals surface area contributed by atoms with E-state index in [0.717, 1.165) is 23.2 Å². The monoisotopic (exact) mass is 411 g/mol. The lowest BCUT2D eigenvalue weighted by Crippen LogP contribution is -2.49. The van der Waals surface area contributed by atoms with Crippen molar-refractivity contribution in [2.24, 2.45) is 0 Å². The van der Waals surface area contributed by atoms with Crippen LogP contribution in [0.5, 0.6) is 0 Å². The SMILES string of the molecule is O=C(NCC(=O)N1CCc2ccccc21)NCC1(c2cccc(F)c2)CCOCC1. The van der Waals surface area contributed by atoms with Gasteiger partial charge in [-0.2, -0.15) is 0 Å².